The van der Waals surface area contributed by atoms with Crippen molar-refractivity contribution in [2.75, 3.05) is 39.2 Å². The van der Waals surface area contributed by atoms with E-state index in [-0.39, 0.29) is 18.3 Å². The Labute approximate surface area is 209 Å². The molecule has 1 heterocycles. The van der Waals surface area contributed by atoms with Gasteiger partial charge in [0.1, 0.15) is 29.6 Å². The van der Waals surface area contributed by atoms with Crippen LogP contribution in [0.4, 0.5) is 4.39 Å². The van der Waals surface area contributed by atoms with Crippen molar-refractivity contribution in [3.63, 3.8) is 0 Å². The van der Waals surface area contributed by atoms with Crippen molar-refractivity contribution in [1.29, 1.82) is 0 Å². The predicted octanol–water partition coefficient (Wildman–Crippen LogP) is 7.01. The first kappa shape index (κ1) is 23.5. The summed E-state index contributed by atoms with van der Waals surface area (Å²) in [4.78, 5) is 3.40. The Balaban J connectivity index is 1.35. The number of hydrogen-bond donors (Lipinski definition) is 1. The van der Waals surface area contributed by atoms with Gasteiger partial charge in [0, 0.05) is 41.4 Å². The van der Waals surface area contributed by atoms with Gasteiger partial charge >= 0.3 is 0 Å². The third kappa shape index (κ3) is 5.39. The molecule has 0 bridgehead atoms. The topological polar surface area (TPSA) is 41.9 Å². The minimum absolute atomic E-state index is 0.192. The quantitative estimate of drug-likeness (QED) is 0.256. The van der Waals surface area contributed by atoms with Gasteiger partial charge in [0.25, 0.3) is 0 Å². The van der Waals surface area contributed by atoms with Crippen molar-refractivity contribution in [2.24, 2.45) is 5.92 Å². The molecule has 0 unspecified atom stereocenters. The van der Waals surface area contributed by atoms with E-state index in [0.29, 0.717) is 12.4 Å². The summed E-state index contributed by atoms with van der Waals surface area (Å²) < 4.78 is 24.9. The summed E-state index contributed by atoms with van der Waals surface area (Å²) in [5.74, 6) is 2.63. The summed E-state index contributed by atoms with van der Waals surface area (Å²) in [5, 5.41) is 11.8. The fourth-order valence-electron chi connectivity index (χ4n) is 4.37. The highest BCUT2D eigenvalue weighted by Crippen LogP contribution is 2.41. The van der Waals surface area contributed by atoms with E-state index >= 15 is 0 Å². The van der Waals surface area contributed by atoms with Gasteiger partial charge in [-0.25, -0.2) is 0 Å². The third-order valence-corrected chi connectivity index (χ3v) is 7.07. The van der Waals surface area contributed by atoms with Crippen LogP contribution in [0.15, 0.2) is 83.8 Å². The van der Waals surface area contributed by atoms with Crippen LogP contribution in [0.3, 0.4) is 0 Å². The highest BCUT2D eigenvalue weighted by atomic mass is 32.2. The Bertz CT molecular complexity index is 1290. The molecular formula is C29H28FNO3S. The number of likely N-dealkylation sites (tertiary alicyclic amines) is 1. The molecule has 0 spiro atoms. The first-order valence-electron chi connectivity index (χ1n) is 11.7. The molecule has 180 valence electrons. The van der Waals surface area contributed by atoms with Gasteiger partial charge in [-0.15, -0.1) is 11.8 Å². The van der Waals surface area contributed by atoms with E-state index in [1.54, 1.807) is 23.9 Å². The zero-order chi connectivity index (χ0) is 24.2. The standard InChI is InChI=1S/C29H28FNO3S/c1-35-26-10-2-21(3-11-26)27-12-4-22-16-23(32)5-13-28(22)29(27)34-25-8-6-24(7-9-25)33-15-14-31-18-20(17-30)19-31/h2-13,16,20,32H,14-15,17-19H2,1H3. The second kappa shape index (κ2) is 10.6. The van der Waals surface area contributed by atoms with E-state index in [1.807, 2.05) is 42.5 Å². The average Bonchev–Trinajstić information content (AvgIpc) is 2.86. The first-order chi connectivity index (χ1) is 17.1. The Morgan fingerprint density at radius 1 is 0.943 bits per heavy atom. The minimum atomic E-state index is -0.235. The maximum atomic E-state index is 12.6. The number of benzene rings is 4. The smallest absolute Gasteiger partial charge is 0.143 e. The fraction of sp³-hybridized carbons (Fsp3) is 0.241. The predicted molar refractivity (Wildman–Crippen MR) is 141 cm³/mol. The maximum Gasteiger partial charge on any atom is 0.143 e. The molecule has 0 amide bonds. The van der Waals surface area contributed by atoms with Gasteiger partial charge in [-0.1, -0.05) is 18.2 Å². The number of hydrogen-bond acceptors (Lipinski definition) is 5. The van der Waals surface area contributed by atoms with Crippen molar-refractivity contribution >= 4 is 22.5 Å². The highest BCUT2D eigenvalue weighted by molar-refractivity contribution is 7.98. The van der Waals surface area contributed by atoms with E-state index < -0.39 is 0 Å². The maximum absolute atomic E-state index is 12.6. The molecule has 6 heteroatoms. The molecule has 0 aliphatic carbocycles. The Hall–Kier alpha value is -3.22. The number of thioether (sulfide) groups is 1. The fourth-order valence-corrected chi connectivity index (χ4v) is 4.78. The average molecular weight is 490 g/mol. The lowest BCUT2D eigenvalue weighted by molar-refractivity contribution is 0.0668. The molecule has 5 rings (SSSR count). The number of fused-ring (bicyclic) bond motifs is 1. The number of phenolic OH excluding ortho intramolecular Hbond substituents is 1. The molecule has 4 nitrogen and oxygen atoms in total. The van der Waals surface area contributed by atoms with E-state index in [9.17, 15) is 9.50 Å². The zero-order valence-corrected chi connectivity index (χ0v) is 20.4. The molecule has 1 aliphatic rings. The molecule has 1 saturated heterocycles. The summed E-state index contributed by atoms with van der Waals surface area (Å²) in [6, 6.07) is 25.4. The molecule has 0 saturated carbocycles. The molecule has 4 aromatic rings. The van der Waals surface area contributed by atoms with Gasteiger partial charge in [-0.3, -0.25) is 9.29 Å². The lowest BCUT2D eigenvalue weighted by Gasteiger charge is -2.37. The Morgan fingerprint density at radius 3 is 2.40 bits per heavy atom. The monoisotopic (exact) mass is 489 g/mol. The number of phenols is 1. The third-order valence-electron chi connectivity index (χ3n) is 6.33. The summed E-state index contributed by atoms with van der Waals surface area (Å²) in [7, 11) is 0. The second-order valence-corrected chi connectivity index (χ2v) is 9.66. The summed E-state index contributed by atoms with van der Waals surface area (Å²) in [6.07, 6.45) is 2.06. The van der Waals surface area contributed by atoms with Crippen LogP contribution in [0, 0.1) is 5.92 Å². The largest absolute Gasteiger partial charge is 0.508 e. The Kier molecular flexibility index (Phi) is 7.11. The van der Waals surface area contributed by atoms with Gasteiger partial charge < -0.3 is 14.6 Å². The van der Waals surface area contributed by atoms with Crippen LogP contribution >= 0.6 is 11.8 Å². The van der Waals surface area contributed by atoms with Crippen LogP contribution in [0.1, 0.15) is 0 Å². The summed E-state index contributed by atoms with van der Waals surface area (Å²) in [6.45, 7) is 2.77. The number of rotatable bonds is 9. The minimum Gasteiger partial charge on any atom is -0.508 e. The molecule has 0 aromatic heterocycles. The highest BCUT2D eigenvalue weighted by Gasteiger charge is 2.25. The van der Waals surface area contributed by atoms with Crippen LogP contribution in [-0.2, 0) is 0 Å². The first-order valence-corrected chi connectivity index (χ1v) is 12.9. The SMILES string of the molecule is CSc1ccc(-c2ccc3cc(O)ccc3c2Oc2ccc(OCCN3CC(CF)C3)cc2)cc1. The van der Waals surface area contributed by atoms with Gasteiger partial charge in [0.2, 0.25) is 0 Å². The molecule has 0 atom stereocenters. The van der Waals surface area contributed by atoms with Crippen molar-refractivity contribution in [3.8, 4) is 34.1 Å². The molecule has 1 N–H and O–H groups in total. The lowest BCUT2D eigenvalue weighted by Crippen LogP contribution is -2.49. The summed E-state index contributed by atoms with van der Waals surface area (Å²) >= 11 is 1.71. The van der Waals surface area contributed by atoms with Crippen LogP contribution in [0.2, 0.25) is 0 Å². The number of aromatic hydroxyl groups is 1. The van der Waals surface area contributed by atoms with Gasteiger partial charge in [-0.05, 0) is 77.9 Å². The van der Waals surface area contributed by atoms with E-state index in [1.165, 1.54) is 4.90 Å². The van der Waals surface area contributed by atoms with Gasteiger partial charge in [0.15, 0.2) is 0 Å². The molecular weight excluding hydrogens is 461 g/mol. The molecule has 4 aromatic carbocycles. The van der Waals surface area contributed by atoms with Crippen LogP contribution < -0.4 is 9.47 Å². The summed E-state index contributed by atoms with van der Waals surface area (Å²) in [5.41, 5.74) is 2.05. The van der Waals surface area contributed by atoms with E-state index in [0.717, 1.165) is 53.0 Å². The van der Waals surface area contributed by atoms with Crippen LogP contribution in [0.25, 0.3) is 21.9 Å². The number of ether oxygens (including phenoxy) is 2. The lowest BCUT2D eigenvalue weighted by atomic mass is 9.99. The van der Waals surface area contributed by atoms with Crippen molar-refractivity contribution in [1.82, 2.24) is 4.90 Å². The van der Waals surface area contributed by atoms with Crippen molar-refractivity contribution in [2.45, 2.75) is 4.90 Å². The van der Waals surface area contributed by atoms with Crippen molar-refractivity contribution < 1.29 is 19.0 Å². The number of nitrogens with zero attached hydrogens (tertiary/aromatic N) is 1. The van der Waals surface area contributed by atoms with Crippen LogP contribution in [-0.4, -0.2) is 49.2 Å². The molecule has 35 heavy (non-hydrogen) atoms. The van der Waals surface area contributed by atoms with E-state index in [2.05, 4.69) is 35.4 Å². The number of halogens is 1. The molecule has 1 fully saturated rings. The zero-order valence-electron chi connectivity index (χ0n) is 19.6. The molecule has 0 radical (unpaired) electrons. The van der Waals surface area contributed by atoms with E-state index in [4.69, 9.17) is 9.47 Å². The number of alkyl halides is 1. The Morgan fingerprint density at radius 2 is 1.69 bits per heavy atom. The van der Waals surface area contributed by atoms with Crippen LogP contribution in [0.5, 0.6) is 23.0 Å². The van der Waals surface area contributed by atoms with Gasteiger partial charge in [0.05, 0.1) is 6.67 Å². The second-order valence-electron chi connectivity index (χ2n) is 8.78. The van der Waals surface area contributed by atoms with Crippen molar-refractivity contribution in [3.05, 3.63) is 78.9 Å². The normalized spacial score (nSPS) is 14.1. The molecule has 1 aliphatic heterocycles. The van der Waals surface area contributed by atoms with Gasteiger partial charge in [-0.2, -0.15) is 0 Å².